The molecule has 1 aliphatic carbocycles. The Morgan fingerprint density at radius 1 is 1.10 bits per heavy atom. The largest absolute Gasteiger partial charge is 0.476 e. The lowest BCUT2D eigenvalue weighted by Gasteiger charge is -2.14. The number of benzene rings is 1. The molecule has 0 spiro atoms. The monoisotopic (exact) mass is 585 g/mol. The summed E-state index contributed by atoms with van der Waals surface area (Å²) in [5.74, 6) is -0.0123. The number of fused-ring (bicyclic) bond motifs is 1. The van der Waals surface area contributed by atoms with Crippen LogP contribution in [0.15, 0.2) is 46.4 Å². The summed E-state index contributed by atoms with van der Waals surface area (Å²) in [6, 6.07) is 9.77. The summed E-state index contributed by atoms with van der Waals surface area (Å²) in [5.41, 5.74) is 1.08. The summed E-state index contributed by atoms with van der Waals surface area (Å²) in [6.45, 7) is 4.62. The summed E-state index contributed by atoms with van der Waals surface area (Å²) in [4.78, 5) is 31.3. The van der Waals surface area contributed by atoms with E-state index in [4.69, 9.17) is 14.3 Å². The number of sulfone groups is 1. The number of carbonyl (C=O) groups is 1. The van der Waals surface area contributed by atoms with E-state index in [1.165, 1.54) is 36.3 Å². The van der Waals surface area contributed by atoms with Gasteiger partial charge in [-0.05, 0) is 57.0 Å². The smallest absolute Gasteiger partial charge is 0.280 e. The first-order valence-corrected chi connectivity index (χ1v) is 15.9. The predicted octanol–water partition coefficient (Wildman–Crippen LogP) is 3.25. The topological polar surface area (TPSA) is 132 Å². The number of anilines is 1. The van der Waals surface area contributed by atoms with Gasteiger partial charge in [-0.1, -0.05) is 28.6 Å². The first kappa shape index (κ1) is 27.1. The SMILES string of the molecule is O=C(Nc1nc2ccc(OCCN3CCCC3)nc2s1)/C(=N/O[C@@H]1CCOC1)c1ccc(S(=O)(=O)C2CC2)cc1. The molecule has 1 aromatic carbocycles. The molecule has 6 rings (SSSR count). The van der Waals surface area contributed by atoms with Gasteiger partial charge in [0, 0.05) is 24.6 Å². The minimum Gasteiger partial charge on any atom is -0.476 e. The molecule has 13 heteroatoms. The second-order valence-electron chi connectivity index (χ2n) is 10.1. The van der Waals surface area contributed by atoms with Gasteiger partial charge < -0.3 is 14.3 Å². The first-order chi connectivity index (χ1) is 19.5. The number of likely N-dealkylation sites (tertiary alicyclic amines) is 1. The Balaban J connectivity index is 1.17. The number of amides is 1. The molecule has 1 amide bonds. The van der Waals surface area contributed by atoms with Crippen molar-refractivity contribution in [2.24, 2.45) is 5.16 Å². The van der Waals surface area contributed by atoms with E-state index in [1.807, 2.05) is 6.07 Å². The lowest BCUT2D eigenvalue weighted by atomic mass is 10.1. The fraction of sp³-hybridized carbons (Fsp3) is 0.481. The summed E-state index contributed by atoms with van der Waals surface area (Å²) >= 11 is 1.23. The van der Waals surface area contributed by atoms with Gasteiger partial charge in [-0.15, -0.1) is 0 Å². The van der Waals surface area contributed by atoms with Crippen molar-refractivity contribution in [1.82, 2.24) is 14.9 Å². The normalized spacial score (nSPS) is 20.2. The molecule has 0 radical (unpaired) electrons. The van der Waals surface area contributed by atoms with Crippen molar-refractivity contribution in [3.8, 4) is 5.88 Å². The molecule has 0 unspecified atom stereocenters. The van der Waals surface area contributed by atoms with Crippen LogP contribution < -0.4 is 10.1 Å². The molecular weight excluding hydrogens is 554 g/mol. The molecule has 4 heterocycles. The summed E-state index contributed by atoms with van der Waals surface area (Å²) in [6.07, 6.45) is 4.25. The first-order valence-electron chi connectivity index (χ1n) is 13.6. The number of nitrogens with one attached hydrogen (secondary N) is 1. The van der Waals surface area contributed by atoms with Gasteiger partial charge in [0.25, 0.3) is 5.91 Å². The average Bonchev–Trinajstić information content (AvgIpc) is 3.30. The third-order valence-corrected chi connectivity index (χ3v) is 10.3. The van der Waals surface area contributed by atoms with Crippen molar-refractivity contribution in [1.29, 1.82) is 0 Å². The molecule has 3 aliphatic rings. The van der Waals surface area contributed by atoms with E-state index in [9.17, 15) is 13.2 Å². The predicted molar refractivity (Wildman–Crippen MR) is 151 cm³/mol. The minimum atomic E-state index is -3.35. The van der Waals surface area contributed by atoms with Gasteiger partial charge in [0.2, 0.25) is 5.88 Å². The maximum atomic E-state index is 13.4. The number of nitrogens with zero attached hydrogens (tertiary/aromatic N) is 4. The van der Waals surface area contributed by atoms with Crippen LogP contribution in [0.1, 0.15) is 37.7 Å². The van der Waals surface area contributed by atoms with Gasteiger partial charge in [-0.3, -0.25) is 15.0 Å². The van der Waals surface area contributed by atoms with Crippen LogP contribution in [0.25, 0.3) is 10.3 Å². The molecule has 1 atom stereocenters. The third kappa shape index (κ3) is 6.27. The molecule has 212 valence electrons. The highest BCUT2D eigenvalue weighted by Crippen LogP contribution is 2.33. The van der Waals surface area contributed by atoms with Gasteiger partial charge >= 0.3 is 0 Å². The maximum Gasteiger partial charge on any atom is 0.280 e. The molecule has 1 saturated carbocycles. The van der Waals surface area contributed by atoms with E-state index in [1.54, 1.807) is 18.2 Å². The molecule has 3 aromatic rings. The van der Waals surface area contributed by atoms with Crippen LogP contribution in [0.3, 0.4) is 0 Å². The summed E-state index contributed by atoms with van der Waals surface area (Å²) in [7, 11) is -3.35. The van der Waals surface area contributed by atoms with Crippen LogP contribution in [0.2, 0.25) is 0 Å². The van der Waals surface area contributed by atoms with Gasteiger partial charge in [0.15, 0.2) is 26.8 Å². The van der Waals surface area contributed by atoms with E-state index in [2.05, 4.69) is 25.3 Å². The molecule has 2 saturated heterocycles. The summed E-state index contributed by atoms with van der Waals surface area (Å²) < 4.78 is 36.4. The number of ether oxygens (including phenoxy) is 2. The van der Waals surface area contributed by atoms with Crippen molar-refractivity contribution in [3.05, 3.63) is 42.0 Å². The lowest BCUT2D eigenvalue weighted by molar-refractivity contribution is -0.110. The van der Waals surface area contributed by atoms with Crippen LogP contribution >= 0.6 is 11.3 Å². The van der Waals surface area contributed by atoms with Gasteiger partial charge in [-0.2, -0.15) is 0 Å². The molecule has 1 N–H and O–H groups in total. The zero-order valence-corrected chi connectivity index (χ0v) is 23.6. The van der Waals surface area contributed by atoms with E-state index in [0.29, 0.717) is 66.0 Å². The Labute approximate surface area is 236 Å². The molecule has 2 aromatic heterocycles. The fourth-order valence-corrected chi connectivity index (χ4v) is 7.18. The minimum absolute atomic E-state index is 0.0143. The molecule has 0 bridgehead atoms. The van der Waals surface area contributed by atoms with Crippen LogP contribution in [0, 0.1) is 0 Å². The maximum absolute atomic E-state index is 13.4. The van der Waals surface area contributed by atoms with E-state index >= 15 is 0 Å². The summed E-state index contributed by atoms with van der Waals surface area (Å²) in [5, 5.41) is 6.99. The molecule has 11 nitrogen and oxygen atoms in total. The standard InChI is InChI=1S/C27H31N5O6S2/c33-25(30-27-28-22-9-10-23(29-26(22)39-27)37-16-14-32-12-1-2-13-32)24(31-38-19-11-15-36-17-19)18-3-5-20(6-4-18)40(34,35)21-7-8-21/h3-6,9-10,19,21H,1-2,7-8,11-17H2,(H,28,30,33)/b31-24+/t19-/m1/s1. The van der Waals surface area contributed by atoms with Crippen LogP contribution in [-0.2, 0) is 24.2 Å². The van der Waals surface area contributed by atoms with Gasteiger partial charge in [0.1, 0.15) is 17.0 Å². The lowest BCUT2D eigenvalue weighted by Crippen LogP contribution is -2.25. The molecule has 3 fully saturated rings. The van der Waals surface area contributed by atoms with Crippen molar-refractivity contribution >= 4 is 48.3 Å². The Morgan fingerprint density at radius 3 is 2.62 bits per heavy atom. The Bertz CT molecular complexity index is 1490. The van der Waals surface area contributed by atoms with Crippen LogP contribution in [-0.4, -0.2) is 85.7 Å². The number of oxime groups is 1. The van der Waals surface area contributed by atoms with Crippen molar-refractivity contribution in [2.45, 2.75) is 48.4 Å². The van der Waals surface area contributed by atoms with Crippen LogP contribution in [0.4, 0.5) is 5.13 Å². The fourth-order valence-electron chi connectivity index (χ4n) is 4.70. The van der Waals surface area contributed by atoms with Crippen molar-refractivity contribution < 1.29 is 27.5 Å². The number of hydrogen-bond donors (Lipinski definition) is 1. The zero-order chi connectivity index (χ0) is 27.5. The van der Waals surface area contributed by atoms with E-state index in [-0.39, 0.29) is 22.0 Å². The number of thiazole rings is 1. The van der Waals surface area contributed by atoms with E-state index < -0.39 is 15.7 Å². The second-order valence-corrected chi connectivity index (χ2v) is 13.3. The van der Waals surface area contributed by atoms with Gasteiger partial charge in [0.05, 0.1) is 23.4 Å². The highest BCUT2D eigenvalue weighted by Gasteiger charge is 2.37. The van der Waals surface area contributed by atoms with Crippen molar-refractivity contribution in [2.75, 3.05) is 44.8 Å². The van der Waals surface area contributed by atoms with Crippen molar-refractivity contribution in [3.63, 3.8) is 0 Å². The quantitative estimate of drug-likeness (QED) is 0.266. The van der Waals surface area contributed by atoms with E-state index in [0.717, 1.165) is 19.6 Å². The highest BCUT2D eigenvalue weighted by molar-refractivity contribution is 7.92. The molecule has 2 aliphatic heterocycles. The Kier molecular flexibility index (Phi) is 7.96. The number of aromatic nitrogens is 2. The Morgan fingerprint density at radius 2 is 1.90 bits per heavy atom. The number of carbonyl (C=O) groups excluding carboxylic acids is 1. The van der Waals surface area contributed by atoms with Crippen LogP contribution in [0.5, 0.6) is 5.88 Å². The number of pyridine rings is 1. The number of rotatable bonds is 11. The number of hydrogen-bond acceptors (Lipinski definition) is 11. The average molecular weight is 586 g/mol. The zero-order valence-electron chi connectivity index (χ0n) is 22.0. The third-order valence-electron chi connectivity index (χ3n) is 7.12. The van der Waals surface area contributed by atoms with Gasteiger partial charge in [-0.25, -0.2) is 18.4 Å². The molecular formula is C27H31N5O6S2. The second kappa shape index (κ2) is 11.8. The molecule has 40 heavy (non-hydrogen) atoms. The highest BCUT2D eigenvalue weighted by atomic mass is 32.2. The Hall–Kier alpha value is -3.13.